The number of carbonyl (C=O) groups is 2. The van der Waals surface area contributed by atoms with Crippen molar-refractivity contribution in [3.63, 3.8) is 0 Å². The van der Waals surface area contributed by atoms with Crippen LogP contribution < -0.4 is 16.0 Å². The number of carbonyl (C=O) groups excluding carboxylic acids is 2. The van der Waals surface area contributed by atoms with Gasteiger partial charge in [-0.05, 0) is 36.5 Å². The molecule has 6 heteroatoms. The van der Waals surface area contributed by atoms with Gasteiger partial charge >= 0.3 is 6.03 Å². The molecule has 0 bridgehead atoms. The van der Waals surface area contributed by atoms with Gasteiger partial charge in [-0.25, -0.2) is 4.79 Å². The average Bonchev–Trinajstić information content (AvgIpc) is 3.24. The molecule has 0 aliphatic heterocycles. The van der Waals surface area contributed by atoms with E-state index in [2.05, 4.69) is 29.8 Å². The molecule has 1 aromatic carbocycles. The summed E-state index contributed by atoms with van der Waals surface area (Å²) in [4.78, 5) is 23.3. The van der Waals surface area contributed by atoms with E-state index in [4.69, 9.17) is 11.6 Å². The smallest absolute Gasteiger partial charge is 0.321 e. The van der Waals surface area contributed by atoms with E-state index in [1.54, 1.807) is 0 Å². The molecule has 1 unspecified atom stereocenters. The van der Waals surface area contributed by atoms with Crippen LogP contribution in [-0.2, 0) is 4.79 Å². The van der Waals surface area contributed by atoms with Crippen molar-refractivity contribution in [1.82, 2.24) is 16.0 Å². The fourth-order valence-electron chi connectivity index (χ4n) is 2.23. The lowest BCUT2D eigenvalue weighted by Crippen LogP contribution is -2.45. The number of rotatable bonds is 6. The van der Waals surface area contributed by atoms with E-state index in [0.717, 1.165) is 18.4 Å². The lowest BCUT2D eigenvalue weighted by atomic mass is 9.96. The maximum atomic E-state index is 11.8. The minimum absolute atomic E-state index is 0.0227. The second kappa shape index (κ2) is 7.61. The molecule has 1 aromatic rings. The quantitative estimate of drug-likeness (QED) is 0.753. The number of nitrogens with one attached hydrogen (secondary N) is 3. The molecule has 1 aliphatic rings. The summed E-state index contributed by atoms with van der Waals surface area (Å²) in [6.07, 6.45) is 1.98. The summed E-state index contributed by atoms with van der Waals surface area (Å²) < 4.78 is 0. The molecule has 0 spiro atoms. The zero-order chi connectivity index (χ0) is 16.1. The van der Waals surface area contributed by atoms with E-state index in [9.17, 15) is 9.59 Å². The van der Waals surface area contributed by atoms with Gasteiger partial charge in [-0.3, -0.25) is 10.1 Å². The zero-order valence-corrected chi connectivity index (χ0v) is 13.6. The number of hydrogen-bond acceptors (Lipinski definition) is 3. The minimum atomic E-state index is -0.415. The van der Waals surface area contributed by atoms with Crippen molar-refractivity contribution in [3.05, 3.63) is 34.9 Å². The number of halogens is 1. The van der Waals surface area contributed by atoms with E-state index >= 15 is 0 Å². The van der Waals surface area contributed by atoms with Crippen LogP contribution in [0.25, 0.3) is 0 Å². The first-order valence-electron chi connectivity index (χ1n) is 7.55. The van der Waals surface area contributed by atoms with E-state index in [1.165, 1.54) is 0 Å². The van der Waals surface area contributed by atoms with Crippen LogP contribution in [0.3, 0.4) is 0 Å². The molecular formula is C16H22ClN3O2. The molecular weight excluding hydrogens is 302 g/mol. The van der Waals surface area contributed by atoms with Crippen molar-refractivity contribution >= 4 is 23.5 Å². The lowest BCUT2D eigenvalue weighted by molar-refractivity contribution is -0.119. The maximum Gasteiger partial charge on any atom is 0.321 e. The molecule has 120 valence electrons. The molecule has 1 saturated carbocycles. The SMILES string of the molecule is CC(C)C(NCC(=O)NC(=O)NC1CC1)c1ccc(Cl)cc1. The van der Waals surface area contributed by atoms with Crippen LogP contribution in [0.5, 0.6) is 0 Å². The normalized spacial score (nSPS) is 15.5. The van der Waals surface area contributed by atoms with Gasteiger partial charge < -0.3 is 10.6 Å². The van der Waals surface area contributed by atoms with Crippen molar-refractivity contribution in [1.29, 1.82) is 0 Å². The lowest BCUT2D eigenvalue weighted by Gasteiger charge is -2.22. The van der Waals surface area contributed by atoms with Crippen LogP contribution in [-0.4, -0.2) is 24.5 Å². The predicted octanol–water partition coefficient (Wildman–Crippen LogP) is 2.61. The molecule has 22 heavy (non-hydrogen) atoms. The van der Waals surface area contributed by atoms with E-state index in [1.807, 2.05) is 24.3 Å². The van der Waals surface area contributed by atoms with Crippen LogP contribution >= 0.6 is 11.6 Å². The van der Waals surface area contributed by atoms with Gasteiger partial charge in [-0.2, -0.15) is 0 Å². The van der Waals surface area contributed by atoms with Gasteiger partial charge in [0.1, 0.15) is 0 Å². The second-order valence-electron chi connectivity index (χ2n) is 5.95. The molecule has 0 heterocycles. The third-order valence-electron chi connectivity index (χ3n) is 3.54. The molecule has 1 fully saturated rings. The van der Waals surface area contributed by atoms with E-state index < -0.39 is 6.03 Å². The summed E-state index contributed by atoms with van der Waals surface area (Å²) in [5.41, 5.74) is 1.06. The average molecular weight is 324 g/mol. The number of imide groups is 1. The Labute approximate surface area is 135 Å². The van der Waals surface area contributed by atoms with Crippen molar-refractivity contribution in [3.8, 4) is 0 Å². The van der Waals surface area contributed by atoms with Crippen molar-refractivity contribution in [2.45, 2.75) is 38.8 Å². The Balaban J connectivity index is 1.84. The van der Waals surface area contributed by atoms with Gasteiger partial charge in [0.05, 0.1) is 6.54 Å². The Morgan fingerprint density at radius 1 is 1.23 bits per heavy atom. The number of hydrogen-bond donors (Lipinski definition) is 3. The first-order valence-corrected chi connectivity index (χ1v) is 7.92. The van der Waals surface area contributed by atoms with E-state index in [0.29, 0.717) is 10.9 Å². The van der Waals surface area contributed by atoms with Gasteiger partial charge in [0.15, 0.2) is 0 Å². The fourth-order valence-corrected chi connectivity index (χ4v) is 2.36. The van der Waals surface area contributed by atoms with Crippen molar-refractivity contribution in [2.24, 2.45) is 5.92 Å². The molecule has 1 aliphatic carbocycles. The molecule has 0 aromatic heterocycles. The molecule has 3 N–H and O–H groups in total. The topological polar surface area (TPSA) is 70.2 Å². The van der Waals surface area contributed by atoms with Crippen LogP contribution in [0.1, 0.15) is 38.3 Å². The summed E-state index contributed by atoms with van der Waals surface area (Å²) in [5.74, 6) is -0.0352. The van der Waals surface area contributed by atoms with Gasteiger partial charge in [-0.15, -0.1) is 0 Å². The molecule has 0 saturated heterocycles. The Morgan fingerprint density at radius 2 is 1.86 bits per heavy atom. The Bertz CT molecular complexity index is 527. The summed E-state index contributed by atoms with van der Waals surface area (Å²) >= 11 is 5.90. The Kier molecular flexibility index (Phi) is 5.80. The Morgan fingerprint density at radius 3 is 2.41 bits per heavy atom. The van der Waals surface area contributed by atoms with Gasteiger partial charge in [-0.1, -0.05) is 37.6 Å². The Hall–Kier alpha value is -1.59. The maximum absolute atomic E-state index is 11.8. The molecule has 5 nitrogen and oxygen atoms in total. The standard InChI is InChI=1S/C16H22ClN3O2/c1-10(2)15(11-3-5-12(17)6-4-11)18-9-14(21)20-16(22)19-13-7-8-13/h3-6,10,13,15,18H,7-9H2,1-2H3,(H2,19,20,21,22). The van der Waals surface area contributed by atoms with Crippen LogP contribution in [0.2, 0.25) is 5.02 Å². The molecule has 0 radical (unpaired) electrons. The molecule has 1 atom stereocenters. The van der Waals surface area contributed by atoms with Crippen molar-refractivity contribution in [2.75, 3.05) is 6.54 Å². The van der Waals surface area contributed by atoms with Crippen LogP contribution in [0.4, 0.5) is 4.79 Å². The third kappa shape index (κ3) is 5.31. The zero-order valence-electron chi connectivity index (χ0n) is 12.9. The van der Waals surface area contributed by atoms with Crippen LogP contribution in [0, 0.1) is 5.92 Å². The van der Waals surface area contributed by atoms with Crippen LogP contribution in [0.15, 0.2) is 24.3 Å². The highest BCUT2D eigenvalue weighted by Crippen LogP contribution is 2.23. The van der Waals surface area contributed by atoms with Gasteiger partial charge in [0, 0.05) is 17.1 Å². The highest BCUT2D eigenvalue weighted by atomic mass is 35.5. The first kappa shape index (κ1) is 16.8. The summed E-state index contributed by atoms with van der Waals surface area (Å²) in [5, 5.41) is 8.93. The summed E-state index contributed by atoms with van der Waals surface area (Å²) in [6, 6.07) is 7.39. The predicted molar refractivity (Wildman–Crippen MR) is 86.7 cm³/mol. The summed E-state index contributed by atoms with van der Waals surface area (Å²) in [6.45, 7) is 4.23. The van der Waals surface area contributed by atoms with Crippen molar-refractivity contribution < 1.29 is 9.59 Å². The summed E-state index contributed by atoms with van der Waals surface area (Å²) in [7, 11) is 0. The van der Waals surface area contributed by atoms with E-state index in [-0.39, 0.29) is 24.5 Å². The number of benzene rings is 1. The first-order chi connectivity index (χ1) is 10.5. The largest absolute Gasteiger partial charge is 0.335 e. The molecule has 2 rings (SSSR count). The number of amides is 3. The fraction of sp³-hybridized carbons (Fsp3) is 0.500. The highest BCUT2D eigenvalue weighted by molar-refractivity contribution is 6.30. The number of urea groups is 1. The molecule has 3 amide bonds. The monoisotopic (exact) mass is 323 g/mol. The van der Waals surface area contributed by atoms with Gasteiger partial charge in [0.2, 0.25) is 5.91 Å². The highest BCUT2D eigenvalue weighted by Gasteiger charge is 2.24. The minimum Gasteiger partial charge on any atom is -0.335 e. The second-order valence-corrected chi connectivity index (χ2v) is 6.39. The van der Waals surface area contributed by atoms with Gasteiger partial charge in [0.25, 0.3) is 0 Å². The third-order valence-corrected chi connectivity index (χ3v) is 3.80.